The number of anilines is 2. The van der Waals surface area contributed by atoms with Gasteiger partial charge in [0.2, 0.25) is 5.78 Å². The molecule has 0 aromatic heterocycles. The van der Waals surface area contributed by atoms with Crippen LogP contribution in [-0.2, 0) is 0 Å². The topological polar surface area (TPSA) is 50.8 Å². The Balaban J connectivity index is 1.95. The van der Waals surface area contributed by atoms with E-state index in [2.05, 4.69) is 5.32 Å². The van der Waals surface area contributed by atoms with Crippen LogP contribution in [0.1, 0.15) is 15.9 Å². The summed E-state index contributed by atoms with van der Waals surface area (Å²) < 4.78 is 10.6. The Kier molecular flexibility index (Phi) is 4.16. The molecule has 1 N–H and O–H groups in total. The lowest BCUT2D eigenvalue weighted by Gasteiger charge is -2.11. The molecule has 2 aromatic carbocycles. The summed E-state index contributed by atoms with van der Waals surface area (Å²) >= 11 is 0. The summed E-state index contributed by atoms with van der Waals surface area (Å²) in [6.45, 7) is 0. The third-order valence-electron chi connectivity index (χ3n) is 3.99. The number of carbonyl (C=O) groups excluding carboxylic acids is 1. The fourth-order valence-electron chi connectivity index (χ4n) is 2.68. The van der Waals surface area contributed by atoms with E-state index in [-0.39, 0.29) is 5.78 Å². The molecule has 0 fully saturated rings. The van der Waals surface area contributed by atoms with E-state index >= 15 is 0 Å². The van der Waals surface area contributed by atoms with Gasteiger partial charge < -0.3 is 19.7 Å². The number of Topliss-reactive ketones (excluding diaryl/α,β-unsaturated/α-hetero) is 1. The molecule has 0 unspecified atom stereocenters. The van der Waals surface area contributed by atoms with Gasteiger partial charge >= 0.3 is 0 Å². The zero-order chi connectivity index (χ0) is 17.3. The number of nitrogens with one attached hydrogen (secondary N) is 1. The van der Waals surface area contributed by atoms with Gasteiger partial charge in [-0.15, -0.1) is 0 Å². The minimum Gasteiger partial charge on any atom is -0.497 e. The quantitative estimate of drug-likeness (QED) is 0.873. The third-order valence-corrected chi connectivity index (χ3v) is 3.99. The van der Waals surface area contributed by atoms with Gasteiger partial charge in [0.05, 0.1) is 31.2 Å². The average molecular weight is 324 g/mol. The van der Waals surface area contributed by atoms with Crippen molar-refractivity contribution in [1.29, 1.82) is 0 Å². The van der Waals surface area contributed by atoms with E-state index in [0.29, 0.717) is 28.4 Å². The first-order chi connectivity index (χ1) is 11.5. The smallest absolute Gasteiger partial charge is 0.215 e. The molecule has 0 radical (unpaired) electrons. The van der Waals surface area contributed by atoms with E-state index in [1.807, 2.05) is 49.3 Å². The summed E-state index contributed by atoms with van der Waals surface area (Å²) in [6, 6.07) is 11.5. The molecule has 3 rings (SSSR count). The second kappa shape index (κ2) is 6.28. The Labute approximate surface area is 141 Å². The van der Waals surface area contributed by atoms with Gasteiger partial charge in [-0.05, 0) is 23.8 Å². The summed E-state index contributed by atoms with van der Waals surface area (Å²) in [7, 11) is 7.11. The van der Waals surface area contributed by atoms with Crippen molar-refractivity contribution in [3.63, 3.8) is 0 Å². The molecule has 5 heteroatoms. The van der Waals surface area contributed by atoms with E-state index in [0.717, 1.165) is 11.3 Å². The largest absolute Gasteiger partial charge is 0.497 e. The lowest BCUT2D eigenvalue weighted by atomic mass is 10.1. The first-order valence-electron chi connectivity index (χ1n) is 7.60. The predicted octanol–water partition coefficient (Wildman–Crippen LogP) is 3.42. The minimum absolute atomic E-state index is 0.0822. The number of carbonyl (C=O) groups is 1. The van der Waals surface area contributed by atoms with Crippen LogP contribution in [0.2, 0.25) is 0 Å². The van der Waals surface area contributed by atoms with E-state index in [1.165, 1.54) is 0 Å². The first kappa shape index (κ1) is 15.9. The van der Waals surface area contributed by atoms with Crippen LogP contribution in [0.15, 0.2) is 42.1 Å². The van der Waals surface area contributed by atoms with Gasteiger partial charge in [0, 0.05) is 31.9 Å². The van der Waals surface area contributed by atoms with E-state index in [9.17, 15) is 4.79 Å². The minimum atomic E-state index is -0.0822. The molecule has 5 nitrogen and oxygen atoms in total. The molecule has 0 saturated heterocycles. The maximum atomic E-state index is 12.7. The lowest BCUT2D eigenvalue weighted by Crippen LogP contribution is -2.08. The van der Waals surface area contributed by atoms with Crippen LogP contribution >= 0.6 is 0 Å². The van der Waals surface area contributed by atoms with Crippen LogP contribution in [0.5, 0.6) is 11.5 Å². The number of ketones is 1. The lowest BCUT2D eigenvalue weighted by molar-refractivity contribution is 0.104. The SMILES string of the molecule is COc1cc2c(c(OC)c1)C(=O)/C(=C/c1ccc(N(C)C)cc1)N2. The Hall–Kier alpha value is -2.95. The maximum Gasteiger partial charge on any atom is 0.215 e. The molecular formula is C19H20N2O3. The van der Waals surface area contributed by atoms with Crippen molar-refractivity contribution >= 4 is 23.2 Å². The monoisotopic (exact) mass is 324 g/mol. The van der Waals surface area contributed by atoms with Crippen molar-refractivity contribution in [2.75, 3.05) is 38.5 Å². The van der Waals surface area contributed by atoms with Gasteiger partial charge in [-0.1, -0.05) is 12.1 Å². The fourth-order valence-corrected chi connectivity index (χ4v) is 2.68. The molecular weight excluding hydrogens is 304 g/mol. The second-order valence-corrected chi connectivity index (χ2v) is 5.75. The number of methoxy groups -OCH3 is 2. The molecule has 0 aliphatic carbocycles. The van der Waals surface area contributed by atoms with Gasteiger partial charge in [-0.2, -0.15) is 0 Å². The van der Waals surface area contributed by atoms with Crippen molar-refractivity contribution in [3.8, 4) is 11.5 Å². The Morgan fingerprint density at radius 2 is 1.75 bits per heavy atom. The highest BCUT2D eigenvalue weighted by atomic mass is 16.5. The van der Waals surface area contributed by atoms with Crippen molar-refractivity contribution in [1.82, 2.24) is 0 Å². The molecule has 1 heterocycles. The van der Waals surface area contributed by atoms with Crippen molar-refractivity contribution in [2.45, 2.75) is 0 Å². The van der Waals surface area contributed by atoms with Crippen LogP contribution in [0.25, 0.3) is 6.08 Å². The Morgan fingerprint density at radius 1 is 1.04 bits per heavy atom. The molecule has 0 spiro atoms. The van der Waals surface area contributed by atoms with E-state index in [4.69, 9.17) is 9.47 Å². The summed E-state index contributed by atoms with van der Waals surface area (Å²) in [6.07, 6.45) is 1.84. The number of nitrogens with zero attached hydrogens (tertiary/aromatic N) is 1. The number of rotatable bonds is 4. The van der Waals surface area contributed by atoms with Gasteiger partial charge in [-0.3, -0.25) is 4.79 Å². The molecule has 0 saturated carbocycles. The molecule has 0 bridgehead atoms. The first-order valence-corrected chi connectivity index (χ1v) is 7.60. The zero-order valence-electron chi connectivity index (χ0n) is 14.2. The summed E-state index contributed by atoms with van der Waals surface area (Å²) in [5, 5.41) is 3.16. The van der Waals surface area contributed by atoms with Crippen molar-refractivity contribution in [3.05, 3.63) is 53.2 Å². The highest BCUT2D eigenvalue weighted by molar-refractivity contribution is 6.22. The third kappa shape index (κ3) is 2.80. The summed E-state index contributed by atoms with van der Waals surface area (Å²) in [5.74, 6) is 1.07. The summed E-state index contributed by atoms with van der Waals surface area (Å²) in [5.41, 5.74) is 3.82. The van der Waals surface area contributed by atoms with Crippen molar-refractivity contribution < 1.29 is 14.3 Å². The van der Waals surface area contributed by atoms with Gasteiger partial charge in [0.15, 0.2) is 0 Å². The molecule has 1 aliphatic heterocycles. The second-order valence-electron chi connectivity index (χ2n) is 5.75. The van der Waals surface area contributed by atoms with Crippen LogP contribution in [0.3, 0.4) is 0 Å². The molecule has 0 atom stereocenters. The molecule has 124 valence electrons. The standard InChI is InChI=1S/C19H20N2O3/c1-21(2)13-7-5-12(6-8-13)9-16-19(22)18-15(20-16)10-14(23-3)11-17(18)24-4/h5-11,20H,1-4H3/b16-9-. The molecule has 1 aliphatic rings. The normalized spacial score (nSPS) is 14.3. The molecule has 2 aromatic rings. The zero-order valence-corrected chi connectivity index (χ0v) is 14.2. The van der Waals surface area contributed by atoms with Gasteiger partial charge in [0.25, 0.3) is 0 Å². The van der Waals surface area contributed by atoms with Crippen molar-refractivity contribution in [2.24, 2.45) is 0 Å². The average Bonchev–Trinajstić information content (AvgIpc) is 2.90. The molecule has 24 heavy (non-hydrogen) atoms. The van der Waals surface area contributed by atoms with Crippen LogP contribution in [0.4, 0.5) is 11.4 Å². The van der Waals surface area contributed by atoms with E-state index < -0.39 is 0 Å². The highest BCUT2D eigenvalue weighted by Crippen LogP contribution is 2.39. The van der Waals surface area contributed by atoms with Gasteiger partial charge in [-0.25, -0.2) is 0 Å². The number of allylic oxidation sites excluding steroid dienone is 1. The van der Waals surface area contributed by atoms with Crippen LogP contribution in [-0.4, -0.2) is 34.1 Å². The number of hydrogen-bond donors (Lipinski definition) is 1. The highest BCUT2D eigenvalue weighted by Gasteiger charge is 2.29. The van der Waals surface area contributed by atoms with Crippen LogP contribution < -0.4 is 19.7 Å². The fraction of sp³-hybridized carbons (Fsp3) is 0.211. The van der Waals surface area contributed by atoms with Gasteiger partial charge in [0.1, 0.15) is 11.5 Å². The molecule has 0 amide bonds. The maximum absolute atomic E-state index is 12.7. The van der Waals surface area contributed by atoms with Crippen LogP contribution in [0, 0.1) is 0 Å². The number of ether oxygens (including phenoxy) is 2. The Morgan fingerprint density at radius 3 is 2.33 bits per heavy atom. The number of benzene rings is 2. The Bertz CT molecular complexity index is 808. The number of fused-ring (bicyclic) bond motifs is 1. The summed E-state index contributed by atoms with van der Waals surface area (Å²) in [4.78, 5) is 14.7. The number of hydrogen-bond acceptors (Lipinski definition) is 5. The van der Waals surface area contributed by atoms with E-state index in [1.54, 1.807) is 26.4 Å². The predicted molar refractivity (Wildman–Crippen MR) is 96.2 cm³/mol.